The lowest BCUT2D eigenvalue weighted by molar-refractivity contribution is -0.123. The third-order valence-corrected chi connectivity index (χ3v) is 5.60. The SMILES string of the molecule is CN(CC(=O)N[C@]1(C)CCS(=O)(=O)C1)Cc1cccc(F)c1. The van der Waals surface area contributed by atoms with Gasteiger partial charge in [0.2, 0.25) is 5.91 Å². The first-order valence-corrected chi connectivity index (χ1v) is 8.94. The molecule has 122 valence electrons. The molecular formula is C15H21FN2O3S. The van der Waals surface area contributed by atoms with E-state index in [0.29, 0.717) is 13.0 Å². The van der Waals surface area contributed by atoms with Gasteiger partial charge in [0.15, 0.2) is 9.84 Å². The molecule has 22 heavy (non-hydrogen) atoms. The molecule has 1 atom stereocenters. The summed E-state index contributed by atoms with van der Waals surface area (Å²) in [6.07, 6.45) is 0.439. The Bertz CT molecular complexity index is 663. The number of carbonyl (C=O) groups is 1. The van der Waals surface area contributed by atoms with E-state index in [0.717, 1.165) is 5.56 Å². The van der Waals surface area contributed by atoms with Crippen molar-refractivity contribution in [3.63, 3.8) is 0 Å². The maximum absolute atomic E-state index is 13.1. The predicted octanol–water partition coefficient (Wildman–Crippen LogP) is 0.951. The van der Waals surface area contributed by atoms with E-state index in [-0.39, 0.29) is 29.8 Å². The minimum atomic E-state index is -3.05. The van der Waals surface area contributed by atoms with Crippen LogP contribution in [-0.2, 0) is 21.2 Å². The number of rotatable bonds is 5. The normalized spacial score (nSPS) is 23.6. The predicted molar refractivity (Wildman–Crippen MR) is 82.6 cm³/mol. The number of nitrogens with one attached hydrogen (secondary N) is 1. The first-order chi connectivity index (χ1) is 10.2. The Morgan fingerprint density at radius 1 is 1.45 bits per heavy atom. The summed E-state index contributed by atoms with van der Waals surface area (Å²) in [5.41, 5.74) is 0.0975. The zero-order valence-corrected chi connectivity index (χ0v) is 13.6. The summed E-state index contributed by atoms with van der Waals surface area (Å²) >= 11 is 0. The molecule has 7 heteroatoms. The summed E-state index contributed by atoms with van der Waals surface area (Å²) in [5.74, 6) is -0.431. The van der Waals surface area contributed by atoms with Gasteiger partial charge in [-0.25, -0.2) is 12.8 Å². The van der Waals surface area contributed by atoms with Gasteiger partial charge in [-0.05, 0) is 38.1 Å². The standard InChI is InChI=1S/C15H21FN2O3S/c1-15(6-7-22(20,21)11-15)17-14(19)10-18(2)9-12-4-3-5-13(16)8-12/h3-5,8H,6-7,9-11H2,1-2H3,(H,17,19)/t15-/m1/s1. The average molecular weight is 328 g/mol. The quantitative estimate of drug-likeness (QED) is 0.874. The van der Waals surface area contributed by atoms with E-state index in [1.54, 1.807) is 31.0 Å². The third-order valence-electron chi connectivity index (χ3n) is 3.70. The minimum Gasteiger partial charge on any atom is -0.349 e. The van der Waals surface area contributed by atoms with E-state index in [1.807, 2.05) is 0 Å². The molecule has 5 nitrogen and oxygen atoms in total. The molecule has 1 heterocycles. The Morgan fingerprint density at radius 2 is 2.18 bits per heavy atom. The van der Waals surface area contributed by atoms with Crippen molar-refractivity contribution in [2.24, 2.45) is 0 Å². The highest BCUT2D eigenvalue weighted by Gasteiger charge is 2.39. The van der Waals surface area contributed by atoms with Crippen molar-refractivity contribution < 1.29 is 17.6 Å². The maximum Gasteiger partial charge on any atom is 0.234 e. The van der Waals surface area contributed by atoms with Crippen molar-refractivity contribution in [2.45, 2.75) is 25.4 Å². The number of sulfone groups is 1. The van der Waals surface area contributed by atoms with Crippen LogP contribution in [-0.4, -0.2) is 49.9 Å². The molecule has 0 radical (unpaired) electrons. The highest BCUT2D eigenvalue weighted by molar-refractivity contribution is 7.91. The molecule has 0 bridgehead atoms. The molecule has 1 fully saturated rings. The molecule has 1 amide bonds. The second-order valence-corrected chi connectivity index (χ2v) is 8.44. The molecule has 1 aromatic rings. The van der Waals surface area contributed by atoms with E-state index < -0.39 is 15.4 Å². The van der Waals surface area contributed by atoms with E-state index in [2.05, 4.69) is 5.32 Å². The second kappa shape index (κ2) is 6.34. The number of halogens is 1. The lowest BCUT2D eigenvalue weighted by Crippen LogP contribution is -2.49. The van der Waals surface area contributed by atoms with Crippen LogP contribution in [0.15, 0.2) is 24.3 Å². The van der Waals surface area contributed by atoms with E-state index >= 15 is 0 Å². The fourth-order valence-corrected chi connectivity index (χ4v) is 4.83. The Labute approximate surface area is 130 Å². The van der Waals surface area contributed by atoms with Gasteiger partial charge < -0.3 is 5.32 Å². The number of hydrogen-bond acceptors (Lipinski definition) is 4. The van der Waals surface area contributed by atoms with Crippen LogP contribution in [0.25, 0.3) is 0 Å². The van der Waals surface area contributed by atoms with E-state index in [4.69, 9.17) is 0 Å². The number of likely N-dealkylation sites (N-methyl/N-ethyl adjacent to an activating group) is 1. The Kier molecular flexibility index (Phi) is 4.87. The van der Waals surface area contributed by atoms with E-state index in [1.165, 1.54) is 12.1 Å². The largest absolute Gasteiger partial charge is 0.349 e. The average Bonchev–Trinajstić information content (AvgIpc) is 2.62. The zero-order valence-electron chi connectivity index (χ0n) is 12.8. The minimum absolute atomic E-state index is 0.0145. The number of carbonyl (C=O) groups excluding carboxylic acids is 1. The van der Waals surface area contributed by atoms with Crippen molar-refractivity contribution >= 4 is 15.7 Å². The molecule has 1 aliphatic rings. The fraction of sp³-hybridized carbons (Fsp3) is 0.533. The molecule has 1 saturated heterocycles. The van der Waals surface area contributed by atoms with Gasteiger partial charge in [-0.1, -0.05) is 12.1 Å². The summed E-state index contributed by atoms with van der Waals surface area (Å²) in [6, 6.07) is 6.22. The topological polar surface area (TPSA) is 66.5 Å². The van der Waals surface area contributed by atoms with Gasteiger partial charge in [0.05, 0.1) is 23.6 Å². The number of benzene rings is 1. The summed E-state index contributed by atoms with van der Waals surface area (Å²) in [6.45, 7) is 2.33. The monoisotopic (exact) mass is 328 g/mol. The van der Waals surface area contributed by atoms with Crippen LogP contribution in [0.3, 0.4) is 0 Å². The molecular weight excluding hydrogens is 307 g/mol. The Balaban J connectivity index is 1.87. The van der Waals surface area contributed by atoms with Crippen LogP contribution in [0.1, 0.15) is 18.9 Å². The van der Waals surface area contributed by atoms with Crippen molar-refractivity contribution in [1.29, 1.82) is 0 Å². The Morgan fingerprint density at radius 3 is 2.77 bits per heavy atom. The highest BCUT2D eigenvalue weighted by Crippen LogP contribution is 2.22. The van der Waals surface area contributed by atoms with Crippen LogP contribution in [0.4, 0.5) is 4.39 Å². The molecule has 0 unspecified atom stereocenters. The second-order valence-electron chi connectivity index (χ2n) is 6.25. The Hall–Kier alpha value is -1.47. The first kappa shape index (κ1) is 16.9. The van der Waals surface area contributed by atoms with Gasteiger partial charge >= 0.3 is 0 Å². The summed E-state index contributed by atoms with van der Waals surface area (Å²) in [4.78, 5) is 13.8. The van der Waals surface area contributed by atoms with Crippen LogP contribution in [0.2, 0.25) is 0 Å². The molecule has 1 aliphatic heterocycles. The summed E-state index contributed by atoms with van der Waals surface area (Å²) in [5, 5.41) is 2.81. The number of nitrogens with zero attached hydrogens (tertiary/aromatic N) is 1. The van der Waals surface area contributed by atoms with Crippen molar-refractivity contribution in [3.8, 4) is 0 Å². The molecule has 0 aliphatic carbocycles. The lowest BCUT2D eigenvalue weighted by atomic mass is 10.0. The lowest BCUT2D eigenvalue weighted by Gasteiger charge is -2.25. The van der Waals surface area contributed by atoms with Crippen molar-refractivity contribution in [1.82, 2.24) is 10.2 Å². The smallest absolute Gasteiger partial charge is 0.234 e. The van der Waals surface area contributed by atoms with Crippen LogP contribution in [0, 0.1) is 5.82 Å². The van der Waals surface area contributed by atoms with Gasteiger partial charge in [-0.2, -0.15) is 0 Å². The zero-order chi connectivity index (χ0) is 16.4. The van der Waals surface area contributed by atoms with Gasteiger partial charge in [0.25, 0.3) is 0 Å². The maximum atomic E-state index is 13.1. The van der Waals surface area contributed by atoms with Gasteiger partial charge in [0.1, 0.15) is 5.82 Å². The van der Waals surface area contributed by atoms with Crippen molar-refractivity contribution in [3.05, 3.63) is 35.6 Å². The molecule has 0 aromatic heterocycles. The van der Waals surface area contributed by atoms with Crippen LogP contribution < -0.4 is 5.32 Å². The van der Waals surface area contributed by atoms with Gasteiger partial charge in [-0.15, -0.1) is 0 Å². The molecule has 0 spiro atoms. The third kappa shape index (κ3) is 4.78. The molecule has 0 saturated carbocycles. The van der Waals surface area contributed by atoms with Gasteiger partial charge in [0, 0.05) is 6.54 Å². The summed E-state index contributed by atoms with van der Waals surface area (Å²) in [7, 11) is -1.29. The first-order valence-electron chi connectivity index (χ1n) is 7.12. The molecule has 2 rings (SSSR count). The molecule has 1 aromatic carbocycles. The number of hydrogen-bond donors (Lipinski definition) is 1. The van der Waals surface area contributed by atoms with Crippen LogP contribution in [0.5, 0.6) is 0 Å². The molecule has 1 N–H and O–H groups in total. The van der Waals surface area contributed by atoms with Gasteiger partial charge in [-0.3, -0.25) is 9.69 Å². The number of amides is 1. The highest BCUT2D eigenvalue weighted by atomic mass is 32.2. The van der Waals surface area contributed by atoms with Crippen molar-refractivity contribution in [2.75, 3.05) is 25.1 Å². The van der Waals surface area contributed by atoms with Crippen LogP contribution >= 0.6 is 0 Å². The fourth-order valence-electron chi connectivity index (χ4n) is 2.73. The summed E-state index contributed by atoms with van der Waals surface area (Å²) < 4.78 is 36.2. The van der Waals surface area contributed by atoms with E-state index in [9.17, 15) is 17.6 Å².